The van der Waals surface area contributed by atoms with Crippen molar-refractivity contribution < 1.29 is 18.7 Å². The van der Waals surface area contributed by atoms with E-state index < -0.39 is 0 Å². The number of anilines is 1. The maximum Gasteiger partial charge on any atom is 0.262 e. The van der Waals surface area contributed by atoms with Crippen LogP contribution in [0, 0.1) is 5.82 Å². The van der Waals surface area contributed by atoms with Crippen LogP contribution in [0.3, 0.4) is 0 Å². The van der Waals surface area contributed by atoms with Crippen LogP contribution in [-0.4, -0.2) is 29.6 Å². The molecule has 0 saturated carbocycles. The van der Waals surface area contributed by atoms with Gasteiger partial charge < -0.3 is 14.8 Å². The van der Waals surface area contributed by atoms with Crippen molar-refractivity contribution in [1.29, 1.82) is 0 Å². The molecule has 0 aliphatic rings. The SMILES string of the molecule is COc1cccc(NC(=O)COc2ncnc3scc(-c4ccc(F)cc4)c23)c1. The van der Waals surface area contributed by atoms with Gasteiger partial charge in [0.2, 0.25) is 5.88 Å². The first-order valence-electron chi connectivity index (χ1n) is 8.69. The van der Waals surface area contributed by atoms with E-state index in [-0.39, 0.29) is 18.3 Å². The van der Waals surface area contributed by atoms with E-state index in [0.29, 0.717) is 22.7 Å². The largest absolute Gasteiger partial charge is 0.497 e. The Balaban J connectivity index is 1.54. The topological polar surface area (TPSA) is 73.3 Å². The second-order valence-electron chi connectivity index (χ2n) is 6.08. The number of benzene rings is 2. The lowest BCUT2D eigenvalue weighted by atomic mass is 10.1. The molecule has 2 heterocycles. The zero-order valence-corrected chi connectivity index (χ0v) is 16.2. The van der Waals surface area contributed by atoms with E-state index in [1.807, 2.05) is 5.38 Å². The Kier molecular flexibility index (Phi) is 5.35. The summed E-state index contributed by atoms with van der Waals surface area (Å²) in [6, 6.07) is 13.2. The Morgan fingerprint density at radius 1 is 1.17 bits per heavy atom. The first-order valence-corrected chi connectivity index (χ1v) is 9.57. The molecule has 0 aliphatic carbocycles. The lowest BCUT2D eigenvalue weighted by Crippen LogP contribution is -2.20. The zero-order chi connectivity index (χ0) is 20.2. The highest BCUT2D eigenvalue weighted by Gasteiger charge is 2.15. The molecule has 1 amide bonds. The fourth-order valence-corrected chi connectivity index (χ4v) is 3.74. The Morgan fingerprint density at radius 2 is 2.00 bits per heavy atom. The van der Waals surface area contributed by atoms with E-state index in [2.05, 4.69) is 15.3 Å². The molecule has 146 valence electrons. The normalized spacial score (nSPS) is 10.7. The lowest BCUT2D eigenvalue weighted by Gasteiger charge is -2.09. The minimum Gasteiger partial charge on any atom is -0.497 e. The molecule has 0 atom stereocenters. The Bertz CT molecular complexity index is 1160. The molecule has 0 saturated heterocycles. The van der Waals surface area contributed by atoms with Crippen LogP contribution < -0.4 is 14.8 Å². The number of methoxy groups -OCH3 is 1. The second-order valence-corrected chi connectivity index (χ2v) is 6.94. The monoisotopic (exact) mass is 409 g/mol. The molecule has 1 N–H and O–H groups in total. The van der Waals surface area contributed by atoms with Crippen molar-refractivity contribution >= 4 is 33.1 Å². The van der Waals surface area contributed by atoms with Gasteiger partial charge in [0, 0.05) is 22.7 Å². The number of ether oxygens (including phenoxy) is 2. The fraction of sp³-hybridized carbons (Fsp3) is 0.0952. The van der Waals surface area contributed by atoms with Gasteiger partial charge >= 0.3 is 0 Å². The number of carbonyl (C=O) groups excluding carboxylic acids is 1. The van der Waals surface area contributed by atoms with Gasteiger partial charge in [0.1, 0.15) is 22.7 Å². The summed E-state index contributed by atoms with van der Waals surface area (Å²) in [5.41, 5.74) is 2.25. The number of nitrogens with zero attached hydrogens (tertiary/aromatic N) is 2. The standard InChI is InChI=1S/C21H16FN3O3S/c1-27-16-4-2-3-15(9-16)25-18(26)10-28-20-19-17(11-29-21(19)24-12-23-20)13-5-7-14(22)8-6-13/h2-9,11-12H,10H2,1H3,(H,25,26). The van der Waals surface area contributed by atoms with Crippen LogP contribution in [0.4, 0.5) is 10.1 Å². The van der Waals surface area contributed by atoms with E-state index in [9.17, 15) is 9.18 Å². The van der Waals surface area contributed by atoms with Crippen LogP contribution in [0.1, 0.15) is 0 Å². The number of hydrogen-bond acceptors (Lipinski definition) is 6. The quantitative estimate of drug-likeness (QED) is 0.507. The second kappa shape index (κ2) is 8.24. The van der Waals surface area contributed by atoms with Gasteiger partial charge in [-0.1, -0.05) is 18.2 Å². The van der Waals surface area contributed by atoms with Gasteiger partial charge in [-0.3, -0.25) is 4.79 Å². The molecule has 2 aromatic carbocycles. The molecule has 2 aromatic heterocycles. The zero-order valence-electron chi connectivity index (χ0n) is 15.4. The van der Waals surface area contributed by atoms with Crippen LogP contribution in [0.2, 0.25) is 0 Å². The molecular weight excluding hydrogens is 393 g/mol. The Hall–Kier alpha value is -3.52. The predicted molar refractivity (Wildman–Crippen MR) is 110 cm³/mol. The summed E-state index contributed by atoms with van der Waals surface area (Å²) in [7, 11) is 1.56. The predicted octanol–water partition coefficient (Wildman–Crippen LogP) is 4.52. The number of carbonyl (C=O) groups is 1. The third kappa shape index (κ3) is 4.17. The first kappa shape index (κ1) is 18.8. The van der Waals surface area contributed by atoms with Crippen molar-refractivity contribution in [2.24, 2.45) is 0 Å². The van der Waals surface area contributed by atoms with E-state index >= 15 is 0 Å². The summed E-state index contributed by atoms with van der Waals surface area (Å²) >= 11 is 1.43. The molecule has 29 heavy (non-hydrogen) atoms. The van der Waals surface area contributed by atoms with Crippen LogP contribution in [-0.2, 0) is 4.79 Å². The molecule has 0 spiro atoms. The van der Waals surface area contributed by atoms with E-state index in [4.69, 9.17) is 9.47 Å². The van der Waals surface area contributed by atoms with Gasteiger partial charge in [0.25, 0.3) is 5.91 Å². The minimum atomic E-state index is -0.330. The summed E-state index contributed by atoms with van der Waals surface area (Å²) < 4.78 is 24.1. The van der Waals surface area contributed by atoms with Crippen molar-refractivity contribution in [3.05, 3.63) is 66.1 Å². The molecule has 0 unspecified atom stereocenters. The van der Waals surface area contributed by atoms with E-state index in [0.717, 1.165) is 16.0 Å². The summed E-state index contributed by atoms with van der Waals surface area (Å²) in [6.45, 7) is -0.220. The van der Waals surface area contributed by atoms with Gasteiger partial charge in [-0.05, 0) is 29.8 Å². The lowest BCUT2D eigenvalue weighted by molar-refractivity contribution is -0.118. The van der Waals surface area contributed by atoms with Crippen molar-refractivity contribution in [3.8, 4) is 22.8 Å². The molecule has 0 fully saturated rings. The smallest absolute Gasteiger partial charge is 0.262 e. The summed E-state index contributed by atoms with van der Waals surface area (Å²) in [5, 5.41) is 5.36. The summed E-state index contributed by atoms with van der Waals surface area (Å²) in [6.07, 6.45) is 1.39. The highest BCUT2D eigenvalue weighted by molar-refractivity contribution is 7.17. The van der Waals surface area contributed by atoms with Crippen LogP contribution in [0.5, 0.6) is 11.6 Å². The number of amides is 1. The van der Waals surface area contributed by atoms with Crippen LogP contribution in [0.15, 0.2) is 60.2 Å². The minimum absolute atomic E-state index is 0.220. The van der Waals surface area contributed by atoms with Crippen molar-refractivity contribution in [2.75, 3.05) is 19.0 Å². The molecule has 0 bridgehead atoms. The number of rotatable bonds is 6. The number of thiophene rings is 1. The number of aromatic nitrogens is 2. The number of nitrogens with one attached hydrogen (secondary N) is 1. The van der Waals surface area contributed by atoms with E-state index in [1.165, 1.54) is 29.8 Å². The van der Waals surface area contributed by atoms with Gasteiger partial charge in [0.15, 0.2) is 6.61 Å². The van der Waals surface area contributed by atoms with E-state index in [1.54, 1.807) is 43.5 Å². The molecule has 0 aliphatic heterocycles. The third-order valence-electron chi connectivity index (χ3n) is 4.18. The van der Waals surface area contributed by atoms with Crippen LogP contribution >= 0.6 is 11.3 Å². The van der Waals surface area contributed by atoms with Crippen molar-refractivity contribution in [3.63, 3.8) is 0 Å². The van der Waals surface area contributed by atoms with Crippen LogP contribution in [0.25, 0.3) is 21.3 Å². The maximum absolute atomic E-state index is 13.3. The molecule has 4 rings (SSSR count). The molecule has 8 heteroatoms. The highest BCUT2D eigenvalue weighted by Crippen LogP contribution is 2.37. The average Bonchev–Trinajstić information content (AvgIpc) is 3.18. The number of hydrogen-bond donors (Lipinski definition) is 1. The molecule has 6 nitrogen and oxygen atoms in total. The Labute approximate surface area is 170 Å². The highest BCUT2D eigenvalue weighted by atomic mass is 32.1. The molecule has 4 aromatic rings. The number of halogens is 1. The molecule has 0 radical (unpaired) electrons. The van der Waals surface area contributed by atoms with Gasteiger partial charge in [-0.15, -0.1) is 11.3 Å². The van der Waals surface area contributed by atoms with Crippen molar-refractivity contribution in [1.82, 2.24) is 9.97 Å². The maximum atomic E-state index is 13.3. The first-order chi connectivity index (χ1) is 14.1. The molecular formula is C21H16FN3O3S. The number of fused-ring (bicyclic) bond motifs is 1. The Morgan fingerprint density at radius 3 is 2.79 bits per heavy atom. The summed E-state index contributed by atoms with van der Waals surface area (Å²) in [4.78, 5) is 21.5. The third-order valence-corrected chi connectivity index (χ3v) is 5.07. The van der Waals surface area contributed by atoms with Gasteiger partial charge in [-0.25, -0.2) is 14.4 Å². The van der Waals surface area contributed by atoms with Gasteiger partial charge in [-0.2, -0.15) is 0 Å². The average molecular weight is 409 g/mol. The van der Waals surface area contributed by atoms with Gasteiger partial charge in [0.05, 0.1) is 12.5 Å². The van der Waals surface area contributed by atoms with Crippen molar-refractivity contribution in [2.45, 2.75) is 0 Å². The summed E-state index contributed by atoms with van der Waals surface area (Å²) in [5.74, 6) is 0.304. The fourth-order valence-electron chi connectivity index (χ4n) is 2.83.